The van der Waals surface area contributed by atoms with Gasteiger partial charge in [-0.25, -0.2) is 12.4 Å². The van der Waals surface area contributed by atoms with Crippen LogP contribution in [0.3, 0.4) is 0 Å². The van der Waals surface area contributed by atoms with Gasteiger partial charge in [0.15, 0.2) is 0 Å². The molecule has 0 aliphatic rings. The highest BCUT2D eigenvalue weighted by Gasteiger charge is 2.18. The van der Waals surface area contributed by atoms with E-state index in [0.717, 1.165) is 17.1 Å². The molecule has 0 amide bonds. The van der Waals surface area contributed by atoms with Crippen LogP contribution in [0.2, 0.25) is 0 Å². The topological polar surface area (TPSA) is 39.1 Å². The van der Waals surface area contributed by atoms with Gasteiger partial charge in [0.05, 0.1) is 10.4 Å². The first kappa shape index (κ1) is 14.4. The van der Waals surface area contributed by atoms with E-state index >= 15 is 0 Å². The molecule has 3 nitrogen and oxygen atoms in total. The second kappa shape index (κ2) is 5.66. The fourth-order valence-electron chi connectivity index (χ4n) is 2.35. The Morgan fingerprint density at radius 3 is 2.48 bits per heavy atom. The molecule has 3 rings (SSSR count). The van der Waals surface area contributed by atoms with Crippen LogP contribution in [0.1, 0.15) is 5.56 Å². The maximum atomic E-state index is 12.7. The summed E-state index contributed by atoms with van der Waals surface area (Å²) in [4.78, 5) is 0.298. The number of alkyl halides is 1. The van der Waals surface area contributed by atoms with Crippen molar-refractivity contribution in [3.8, 4) is 0 Å². The Bertz CT molecular complexity index is 870. The van der Waals surface area contributed by atoms with Crippen LogP contribution in [0.5, 0.6) is 0 Å². The number of rotatable bonds is 4. The lowest BCUT2D eigenvalue weighted by Crippen LogP contribution is -2.11. The zero-order chi connectivity index (χ0) is 14.9. The third-order valence-corrected chi connectivity index (χ3v) is 5.50. The third-order valence-electron chi connectivity index (χ3n) is 3.40. The van der Waals surface area contributed by atoms with E-state index in [0.29, 0.717) is 10.4 Å². The van der Waals surface area contributed by atoms with Crippen molar-refractivity contribution in [1.82, 2.24) is 3.97 Å². The van der Waals surface area contributed by atoms with Crippen molar-refractivity contribution in [3.63, 3.8) is 0 Å². The highest BCUT2D eigenvalue weighted by Crippen LogP contribution is 2.23. The Morgan fingerprint density at radius 2 is 1.76 bits per heavy atom. The van der Waals surface area contributed by atoms with Crippen molar-refractivity contribution in [2.24, 2.45) is 0 Å². The number of hydrogen-bond acceptors (Lipinski definition) is 2. The molecular formula is C16H14BrNO2S. The van der Waals surface area contributed by atoms with Gasteiger partial charge in [-0.1, -0.05) is 40.2 Å². The quantitative estimate of drug-likeness (QED) is 0.661. The summed E-state index contributed by atoms with van der Waals surface area (Å²) in [5, 5.41) is 1.83. The molecule has 5 heteroatoms. The third kappa shape index (κ3) is 2.63. The Hall–Kier alpha value is -1.59. The predicted octanol–water partition coefficient (Wildman–Crippen LogP) is 3.82. The molecule has 3 aromatic rings. The highest BCUT2D eigenvalue weighted by molar-refractivity contribution is 9.09. The van der Waals surface area contributed by atoms with Gasteiger partial charge in [0, 0.05) is 16.9 Å². The zero-order valence-corrected chi connectivity index (χ0v) is 13.6. The maximum absolute atomic E-state index is 12.7. The first-order chi connectivity index (χ1) is 10.1. The molecule has 1 aromatic heterocycles. The molecule has 0 aliphatic heterocycles. The number of aromatic nitrogens is 1. The largest absolute Gasteiger partial charge is 0.268 e. The minimum Gasteiger partial charge on any atom is -0.241 e. The Balaban J connectivity index is 2.13. The Labute approximate surface area is 132 Å². The van der Waals surface area contributed by atoms with Gasteiger partial charge < -0.3 is 0 Å². The summed E-state index contributed by atoms with van der Waals surface area (Å²) in [5.74, 6) is 0. The lowest BCUT2D eigenvalue weighted by Gasteiger charge is -2.08. The number of benzene rings is 2. The second-order valence-corrected chi connectivity index (χ2v) is 7.37. The standard InChI is InChI=1S/C16H14BrNO2S/c17-10-8-13-6-7-16-14(12-13)9-11-18(16)21(19,20)15-4-2-1-3-5-15/h1-7,9,11-12H,8,10H2. The lowest BCUT2D eigenvalue weighted by molar-refractivity contribution is 0.589. The molecule has 0 fully saturated rings. The molecule has 0 saturated carbocycles. The van der Waals surface area contributed by atoms with Crippen molar-refractivity contribution in [1.29, 1.82) is 0 Å². The van der Waals surface area contributed by atoms with E-state index in [2.05, 4.69) is 15.9 Å². The monoisotopic (exact) mass is 363 g/mol. The van der Waals surface area contributed by atoms with E-state index in [1.165, 1.54) is 9.54 Å². The van der Waals surface area contributed by atoms with Crippen LogP contribution in [-0.4, -0.2) is 17.7 Å². The predicted molar refractivity (Wildman–Crippen MR) is 88.5 cm³/mol. The van der Waals surface area contributed by atoms with Crippen molar-refractivity contribution in [2.45, 2.75) is 11.3 Å². The Morgan fingerprint density at radius 1 is 1.00 bits per heavy atom. The molecule has 108 valence electrons. The van der Waals surface area contributed by atoms with Crippen molar-refractivity contribution in [2.75, 3.05) is 5.33 Å². The fraction of sp³-hybridized carbons (Fsp3) is 0.125. The average molecular weight is 364 g/mol. The molecule has 0 radical (unpaired) electrons. The van der Waals surface area contributed by atoms with Crippen LogP contribution in [0.4, 0.5) is 0 Å². The summed E-state index contributed by atoms with van der Waals surface area (Å²) in [6.07, 6.45) is 2.54. The maximum Gasteiger partial charge on any atom is 0.268 e. The first-order valence-electron chi connectivity index (χ1n) is 6.59. The van der Waals surface area contributed by atoms with E-state index in [4.69, 9.17) is 0 Å². The molecule has 0 bridgehead atoms. The van der Waals surface area contributed by atoms with E-state index < -0.39 is 10.0 Å². The summed E-state index contributed by atoms with van der Waals surface area (Å²) in [7, 11) is -3.54. The van der Waals surface area contributed by atoms with Gasteiger partial charge in [0.25, 0.3) is 10.0 Å². The minimum absolute atomic E-state index is 0.298. The SMILES string of the molecule is O=S(=O)(c1ccccc1)n1ccc2cc(CCBr)ccc21. The van der Waals surface area contributed by atoms with Crippen LogP contribution in [0.25, 0.3) is 10.9 Å². The summed E-state index contributed by atoms with van der Waals surface area (Å²) < 4.78 is 26.7. The molecule has 0 spiro atoms. The normalized spacial score (nSPS) is 11.9. The summed E-state index contributed by atoms with van der Waals surface area (Å²) >= 11 is 3.42. The van der Waals surface area contributed by atoms with Crippen LogP contribution < -0.4 is 0 Å². The molecule has 21 heavy (non-hydrogen) atoms. The van der Waals surface area contributed by atoms with Crippen molar-refractivity contribution in [3.05, 3.63) is 66.4 Å². The second-order valence-electron chi connectivity index (χ2n) is 4.76. The molecule has 0 aliphatic carbocycles. The molecule has 0 atom stereocenters. The molecule has 2 aromatic carbocycles. The zero-order valence-electron chi connectivity index (χ0n) is 11.2. The fourth-order valence-corrected chi connectivity index (χ4v) is 4.18. The molecular weight excluding hydrogens is 350 g/mol. The number of halogens is 1. The van der Waals surface area contributed by atoms with Gasteiger partial charge in [-0.2, -0.15) is 0 Å². The number of fused-ring (bicyclic) bond motifs is 1. The number of nitrogens with zero attached hydrogens (tertiary/aromatic N) is 1. The van der Waals surface area contributed by atoms with E-state index in [1.807, 2.05) is 24.3 Å². The number of hydrogen-bond donors (Lipinski definition) is 0. The van der Waals surface area contributed by atoms with Gasteiger partial charge in [0.2, 0.25) is 0 Å². The van der Waals surface area contributed by atoms with Crippen LogP contribution >= 0.6 is 15.9 Å². The van der Waals surface area contributed by atoms with Gasteiger partial charge in [-0.15, -0.1) is 0 Å². The smallest absolute Gasteiger partial charge is 0.241 e. The molecule has 1 heterocycles. The van der Waals surface area contributed by atoms with Crippen LogP contribution in [0.15, 0.2) is 65.7 Å². The highest BCUT2D eigenvalue weighted by atomic mass is 79.9. The Kier molecular flexibility index (Phi) is 3.87. The summed E-state index contributed by atoms with van der Waals surface area (Å²) in [6.45, 7) is 0. The van der Waals surface area contributed by atoms with Crippen LogP contribution in [-0.2, 0) is 16.4 Å². The first-order valence-corrected chi connectivity index (χ1v) is 9.15. The van der Waals surface area contributed by atoms with E-state index in [1.54, 1.807) is 36.5 Å². The molecule has 0 N–H and O–H groups in total. The van der Waals surface area contributed by atoms with Gasteiger partial charge in [0.1, 0.15) is 0 Å². The minimum atomic E-state index is -3.54. The van der Waals surface area contributed by atoms with Gasteiger partial charge >= 0.3 is 0 Å². The van der Waals surface area contributed by atoms with E-state index in [9.17, 15) is 8.42 Å². The number of aryl methyl sites for hydroxylation is 1. The molecule has 0 unspecified atom stereocenters. The summed E-state index contributed by atoms with van der Waals surface area (Å²) in [6, 6.07) is 16.2. The van der Waals surface area contributed by atoms with Gasteiger partial charge in [-0.3, -0.25) is 0 Å². The molecule has 0 saturated heterocycles. The average Bonchev–Trinajstić information content (AvgIpc) is 2.92. The van der Waals surface area contributed by atoms with Crippen molar-refractivity contribution >= 4 is 36.9 Å². The van der Waals surface area contributed by atoms with Crippen molar-refractivity contribution < 1.29 is 8.42 Å². The van der Waals surface area contributed by atoms with E-state index in [-0.39, 0.29) is 0 Å². The van der Waals surface area contributed by atoms with Crippen LogP contribution in [0, 0.1) is 0 Å². The lowest BCUT2D eigenvalue weighted by atomic mass is 10.1. The van der Waals surface area contributed by atoms with Gasteiger partial charge in [-0.05, 0) is 42.3 Å². The summed E-state index contributed by atoms with van der Waals surface area (Å²) in [5.41, 5.74) is 1.89.